The topological polar surface area (TPSA) is 84.1 Å². The standard InChI is InChI=1S/C19H19N3O3/c1-13(18(23)20-12-11-14-7-3-2-4-8-14)25-19(24)17-15-9-5-6-10-16(15)21-22-17/h2-10,13H,11-12H2,1H3,(H,20,23)(H,21,22). The largest absolute Gasteiger partial charge is 0.448 e. The molecule has 0 aliphatic rings. The SMILES string of the molecule is CC(OC(=O)c1n[nH]c2ccccc12)C(=O)NCCc1ccccc1. The van der Waals surface area contributed by atoms with Crippen molar-refractivity contribution in [2.75, 3.05) is 6.54 Å². The Morgan fingerprint density at radius 2 is 1.84 bits per heavy atom. The number of H-pyrrole nitrogens is 1. The summed E-state index contributed by atoms with van der Waals surface area (Å²) in [5, 5.41) is 10.2. The number of nitrogens with one attached hydrogen (secondary N) is 2. The third kappa shape index (κ3) is 4.03. The summed E-state index contributed by atoms with van der Waals surface area (Å²) in [5.74, 6) is -0.952. The molecular formula is C19H19N3O3. The summed E-state index contributed by atoms with van der Waals surface area (Å²) in [6.07, 6.45) is -0.171. The number of fused-ring (bicyclic) bond motifs is 1. The summed E-state index contributed by atoms with van der Waals surface area (Å²) < 4.78 is 5.23. The van der Waals surface area contributed by atoms with E-state index in [1.165, 1.54) is 0 Å². The molecule has 0 spiro atoms. The number of hydrogen-bond donors (Lipinski definition) is 2. The highest BCUT2D eigenvalue weighted by Gasteiger charge is 2.21. The van der Waals surface area contributed by atoms with E-state index >= 15 is 0 Å². The van der Waals surface area contributed by atoms with E-state index in [1.54, 1.807) is 13.0 Å². The lowest BCUT2D eigenvalue weighted by Gasteiger charge is -2.13. The van der Waals surface area contributed by atoms with Gasteiger partial charge < -0.3 is 10.1 Å². The van der Waals surface area contributed by atoms with Gasteiger partial charge in [0, 0.05) is 11.9 Å². The van der Waals surface area contributed by atoms with Crippen LogP contribution in [0.4, 0.5) is 0 Å². The van der Waals surface area contributed by atoms with E-state index in [9.17, 15) is 9.59 Å². The van der Waals surface area contributed by atoms with Crippen molar-refractivity contribution >= 4 is 22.8 Å². The maximum absolute atomic E-state index is 12.2. The van der Waals surface area contributed by atoms with Crippen LogP contribution in [0.5, 0.6) is 0 Å². The number of rotatable bonds is 6. The van der Waals surface area contributed by atoms with E-state index in [1.807, 2.05) is 48.5 Å². The van der Waals surface area contributed by atoms with Gasteiger partial charge in [0.1, 0.15) is 0 Å². The van der Waals surface area contributed by atoms with E-state index in [0.717, 1.165) is 17.5 Å². The van der Waals surface area contributed by atoms with Gasteiger partial charge in [-0.15, -0.1) is 0 Å². The minimum atomic E-state index is -0.890. The number of aromatic amines is 1. The van der Waals surface area contributed by atoms with Crippen LogP contribution < -0.4 is 5.32 Å². The maximum atomic E-state index is 12.2. The average molecular weight is 337 g/mol. The number of benzene rings is 2. The Morgan fingerprint density at radius 3 is 2.64 bits per heavy atom. The smallest absolute Gasteiger partial charge is 0.360 e. The lowest BCUT2D eigenvalue weighted by molar-refractivity contribution is -0.129. The van der Waals surface area contributed by atoms with Crippen molar-refractivity contribution in [3.05, 3.63) is 65.9 Å². The zero-order valence-electron chi connectivity index (χ0n) is 13.9. The highest BCUT2D eigenvalue weighted by atomic mass is 16.5. The summed E-state index contributed by atoms with van der Waals surface area (Å²) >= 11 is 0. The molecule has 2 N–H and O–H groups in total. The molecular weight excluding hydrogens is 318 g/mol. The molecule has 0 radical (unpaired) electrons. The van der Waals surface area contributed by atoms with Crippen LogP contribution in [-0.4, -0.2) is 34.7 Å². The fraction of sp³-hybridized carbons (Fsp3) is 0.211. The molecule has 0 fully saturated rings. The van der Waals surface area contributed by atoms with Crippen LogP contribution in [0.1, 0.15) is 23.0 Å². The zero-order valence-corrected chi connectivity index (χ0v) is 13.9. The minimum absolute atomic E-state index is 0.180. The zero-order chi connectivity index (χ0) is 17.6. The maximum Gasteiger partial charge on any atom is 0.360 e. The molecule has 2 aromatic carbocycles. The molecule has 0 aliphatic carbocycles. The van der Waals surface area contributed by atoms with Crippen molar-refractivity contribution in [3.8, 4) is 0 Å². The van der Waals surface area contributed by atoms with Crippen molar-refractivity contribution < 1.29 is 14.3 Å². The number of amides is 1. The molecule has 25 heavy (non-hydrogen) atoms. The third-order valence-corrected chi connectivity index (χ3v) is 3.87. The van der Waals surface area contributed by atoms with Crippen LogP contribution >= 0.6 is 0 Å². The van der Waals surface area contributed by atoms with Crippen LogP contribution in [0.15, 0.2) is 54.6 Å². The Hall–Kier alpha value is -3.15. The summed E-state index contributed by atoms with van der Waals surface area (Å²) in [5.41, 5.74) is 2.06. The van der Waals surface area contributed by atoms with Crippen LogP contribution in [0.25, 0.3) is 10.9 Å². The Balaban J connectivity index is 1.53. The molecule has 0 saturated carbocycles. The average Bonchev–Trinajstić information content (AvgIpc) is 3.06. The van der Waals surface area contributed by atoms with Gasteiger partial charge in [-0.2, -0.15) is 5.10 Å². The summed E-state index contributed by atoms with van der Waals surface area (Å²) in [4.78, 5) is 24.3. The van der Waals surface area contributed by atoms with Gasteiger partial charge in [-0.3, -0.25) is 9.89 Å². The van der Waals surface area contributed by atoms with Crippen molar-refractivity contribution in [1.29, 1.82) is 0 Å². The summed E-state index contributed by atoms with van der Waals surface area (Å²) in [6.45, 7) is 2.03. The minimum Gasteiger partial charge on any atom is -0.448 e. The second-order valence-electron chi connectivity index (χ2n) is 5.69. The Kier molecular flexibility index (Phi) is 5.09. The fourth-order valence-electron chi connectivity index (χ4n) is 2.51. The van der Waals surface area contributed by atoms with Gasteiger partial charge in [0.15, 0.2) is 11.8 Å². The number of hydrogen-bond acceptors (Lipinski definition) is 4. The number of carbonyl (C=O) groups excluding carboxylic acids is 2. The van der Waals surface area contributed by atoms with Gasteiger partial charge in [0.2, 0.25) is 0 Å². The molecule has 0 saturated heterocycles. The third-order valence-electron chi connectivity index (χ3n) is 3.87. The first-order valence-electron chi connectivity index (χ1n) is 8.11. The number of para-hydroxylation sites is 1. The van der Waals surface area contributed by atoms with E-state index in [2.05, 4.69) is 15.5 Å². The van der Waals surface area contributed by atoms with Crippen LogP contribution in [0.3, 0.4) is 0 Å². The number of nitrogens with zero attached hydrogens (tertiary/aromatic N) is 1. The molecule has 1 atom stereocenters. The molecule has 0 aliphatic heterocycles. The van der Waals surface area contributed by atoms with Gasteiger partial charge in [-0.25, -0.2) is 4.79 Å². The molecule has 1 amide bonds. The molecule has 1 aromatic heterocycles. The summed E-state index contributed by atoms with van der Waals surface area (Å²) in [7, 11) is 0. The van der Waals surface area contributed by atoms with Crippen molar-refractivity contribution in [2.45, 2.75) is 19.4 Å². The van der Waals surface area contributed by atoms with Gasteiger partial charge in [-0.05, 0) is 25.0 Å². The van der Waals surface area contributed by atoms with Crippen molar-refractivity contribution in [2.24, 2.45) is 0 Å². The molecule has 6 heteroatoms. The molecule has 3 aromatic rings. The summed E-state index contributed by atoms with van der Waals surface area (Å²) in [6, 6.07) is 17.1. The van der Waals surface area contributed by atoms with E-state index in [0.29, 0.717) is 11.9 Å². The highest BCUT2D eigenvalue weighted by Crippen LogP contribution is 2.16. The fourth-order valence-corrected chi connectivity index (χ4v) is 2.51. The normalized spacial score (nSPS) is 11.9. The Bertz CT molecular complexity index is 874. The Labute approximate surface area is 145 Å². The first-order chi connectivity index (χ1) is 12.1. The van der Waals surface area contributed by atoms with Crippen LogP contribution in [0.2, 0.25) is 0 Å². The van der Waals surface area contributed by atoms with Gasteiger partial charge in [0.05, 0.1) is 5.52 Å². The van der Waals surface area contributed by atoms with E-state index in [-0.39, 0.29) is 11.6 Å². The second-order valence-corrected chi connectivity index (χ2v) is 5.69. The molecule has 0 bridgehead atoms. The van der Waals surface area contributed by atoms with Crippen LogP contribution in [0, 0.1) is 0 Å². The number of aromatic nitrogens is 2. The Morgan fingerprint density at radius 1 is 1.12 bits per heavy atom. The van der Waals surface area contributed by atoms with Gasteiger partial charge in [-0.1, -0.05) is 48.5 Å². The number of esters is 1. The lowest BCUT2D eigenvalue weighted by Crippen LogP contribution is -2.37. The highest BCUT2D eigenvalue weighted by molar-refractivity contribution is 6.02. The second kappa shape index (κ2) is 7.61. The number of carbonyl (C=O) groups is 2. The monoisotopic (exact) mass is 337 g/mol. The first kappa shape index (κ1) is 16.7. The lowest BCUT2D eigenvalue weighted by atomic mass is 10.1. The predicted molar refractivity (Wildman–Crippen MR) is 94.1 cm³/mol. The van der Waals surface area contributed by atoms with E-state index < -0.39 is 12.1 Å². The first-order valence-corrected chi connectivity index (χ1v) is 8.11. The quantitative estimate of drug-likeness (QED) is 0.677. The predicted octanol–water partition coefficient (Wildman–Crippen LogP) is 2.47. The van der Waals surface area contributed by atoms with Crippen molar-refractivity contribution in [3.63, 3.8) is 0 Å². The number of ether oxygens (including phenoxy) is 1. The van der Waals surface area contributed by atoms with Gasteiger partial charge in [0.25, 0.3) is 5.91 Å². The molecule has 128 valence electrons. The molecule has 6 nitrogen and oxygen atoms in total. The van der Waals surface area contributed by atoms with Gasteiger partial charge >= 0.3 is 5.97 Å². The molecule has 1 heterocycles. The van der Waals surface area contributed by atoms with Crippen LogP contribution in [-0.2, 0) is 16.0 Å². The molecule has 1 unspecified atom stereocenters. The van der Waals surface area contributed by atoms with Crippen molar-refractivity contribution in [1.82, 2.24) is 15.5 Å². The van der Waals surface area contributed by atoms with E-state index in [4.69, 9.17) is 4.74 Å². The molecule has 3 rings (SSSR count).